The molecule has 0 spiro atoms. The fourth-order valence-electron chi connectivity index (χ4n) is 2.90. The first-order valence-corrected chi connectivity index (χ1v) is 8.43. The van der Waals surface area contributed by atoms with Gasteiger partial charge in [-0.05, 0) is 48.0 Å². The van der Waals surface area contributed by atoms with Crippen LogP contribution in [0.2, 0.25) is 0 Å². The Morgan fingerprint density at radius 2 is 1.76 bits per heavy atom. The van der Waals surface area contributed by atoms with Gasteiger partial charge in [-0.1, -0.05) is 30.3 Å². The molecule has 4 heteroatoms. The van der Waals surface area contributed by atoms with Crippen LogP contribution in [0.15, 0.2) is 65.7 Å². The summed E-state index contributed by atoms with van der Waals surface area (Å²) in [7, 11) is 0. The van der Waals surface area contributed by atoms with E-state index in [-0.39, 0.29) is 12.4 Å². The zero-order valence-electron chi connectivity index (χ0n) is 14.3. The highest BCUT2D eigenvalue weighted by atomic mass is 16.3. The summed E-state index contributed by atoms with van der Waals surface area (Å²) >= 11 is 0. The molecule has 3 aromatic carbocycles. The van der Waals surface area contributed by atoms with Crippen molar-refractivity contribution in [2.75, 3.05) is 24.6 Å². The zero-order chi connectivity index (χ0) is 17.6. The standard InChI is InChI=1S/C21H22N2O2/c1-2-23(13-14-24)18-10-8-17(9-11-18)22-15-20-19-6-4-3-5-16(19)7-12-21(20)25/h3-12,15,24-25H,2,13-14H2,1H3. The van der Waals surface area contributed by atoms with Gasteiger partial charge in [-0.25, -0.2) is 0 Å². The van der Waals surface area contributed by atoms with Crippen molar-refractivity contribution >= 4 is 28.4 Å². The van der Waals surface area contributed by atoms with Crippen LogP contribution in [0, 0.1) is 0 Å². The number of rotatable bonds is 6. The lowest BCUT2D eigenvalue weighted by molar-refractivity contribution is 0.302. The molecule has 0 saturated heterocycles. The van der Waals surface area contributed by atoms with E-state index in [1.165, 1.54) is 0 Å². The molecule has 0 heterocycles. The number of likely N-dealkylation sites (N-methyl/N-ethyl adjacent to an activating group) is 1. The maximum absolute atomic E-state index is 10.2. The normalized spacial score (nSPS) is 11.3. The molecule has 3 aromatic rings. The lowest BCUT2D eigenvalue weighted by atomic mass is 10.0. The molecule has 0 aliphatic heterocycles. The third-order valence-corrected chi connectivity index (χ3v) is 4.26. The van der Waals surface area contributed by atoms with Crippen molar-refractivity contribution in [2.45, 2.75) is 6.92 Å². The van der Waals surface area contributed by atoms with Gasteiger partial charge in [0.05, 0.1) is 12.3 Å². The minimum atomic E-state index is 0.133. The molecule has 0 aliphatic rings. The largest absolute Gasteiger partial charge is 0.507 e. The minimum absolute atomic E-state index is 0.133. The lowest BCUT2D eigenvalue weighted by Crippen LogP contribution is -2.25. The summed E-state index contributed by atoms with van der Waals surface area (Å²) in [6.07, 6.45) is 1.71. The first-order chi connectivity index (χ1) is 12.2. The van der Waals surface area contributed by atoms with Crippen LogP contribution in [0.4, 0.5) is 11.4 Å². The SMILES string of the molecule is CCN(CCO)c1ccc(N=Cc2c(O)ccc3ccccc23)cc1. The number of benzene rings is 3. The highest BCUT2D eigenvalue weighted by Crippen LogP contribution is 2.26. The number of phenolic OH excluding ortho intramolecular Hbond substituents is 1. The highest BCUT2D eigenvalue weighted by Gasteiger charge is 2.05. The number of hydrogen-bond acceptors (Lipinski definition) is 4. The molecular weight excluding hydrogens is 312 g/mol. The van der Waals surface area contributed by atoms with Crippen molar-refractivity contribution in [3.63, 3.8) is 0 Å². The lowest BCUT2D eigenvalue weighted by Gasteiger charge is -2.21. The molecule has 0 fully saturated rings. The van der Waals surface area contributed by atoms with Gasteiger partial charge in [-0.2, -0.15) is 0 Å². The highest BCUT2D eigenvalue weighted by molar-refractivity contribution is 6.02. The Bertz CT molecular complexity index is 873. The quantitative estimate of drug-likeness (QED) is 0.667. The Balaban J connectivity index is 1.87. The molecule has 0 aliphatic carbocycles. The van der Waals surface area contributed by atoms with E-state index in [1.807, 2.05) is 54.6 Å². The predicted molar refractivity (Wildman–Crippen MR) is 104 cm³/mol. The summed E-state index contributed by atoms with van der Waals surface area (Å²) in [5.74, 6) is 0.221. The van der Waals surface area contributed by atoms with E-state index in [1.54, 1.807) is 12.3 Å². The molecule has 0 saturated carbocycles. The number of hydrogen-bond donors (Lipinski definition) is 2. The number of phenols is 1. The van der Waals surface area contributed by atoms with E-state index in [0.717, 1.165) is 34.3 Å². The Morgan fingerprint density at radius 3 is 2.48 bits per heavy atom. The van der Waals surface area contributed by atoms with Gasteiger partial charge in [-0.15, -0.1) is 0 Å². The van der Waals surface area contributed by atoms with Gasteiger partial charge in [0.2, 0.25) is 0 Å². The molecule has 3 rings (SSSR count). The van der Waals surface area contributed by atoms with Gasteiger partial charge >= 0.3 is 0 Å². The second kappa shape index (κ2) is 7.81. The fraction of sp³-hybridized carbons (Fsp3) is 0.190. The molecule has 0 unspecified atom stereocenters. The summed E-state index contributed by atoms with van der Waals surface area (Å²) in [5, 5.41) is 21.3. The fourth-order valence-corrected chi connectivity index (χ4v) is 2.90. The smallest absolute Gasteiger partial charge is 0.124 e. The Morgan fingerprint density at radius 1 is 1.00 bits per heavy atom. The number of aliphatic hydroxyl groups excluding tert-OH is 1. The van der Waals surface area contributed by atoms with Gasteiger partial charge in [0, 0.05) is 30.6 Å². The van der Waals surface area contributed by atoms with Crippen molar-refractivity contribution in [3.05, 3.63) is 66.2 Å². The van der Waals surface area contributed by atoms with Crippen LogP contribution >= 0.6 is 0 Å². The van der Waals surface area contributed by atoms with Crippen LogP contribution in [0.25, 0.3) is 10.8 Å². The summed E-state index contributed by atoms with van der Waals surface area (Å²) in [6, 6.07) is 19.4. The van der Waals surface area contributed by atoms with Gasteiger partial charge in [-0.3, -0.25) is 4.99 Å². The summed E-state index contributed by atoms with van der Waals surface area (Å²) in [4.78, 5) is 6.61. The van der Waals surface area contributed by atoms with E-state index < -0.39 is 0 Å². The first-order valence-electron chi connectivity index (χ1n) is 8.43. The monoisotopic (exact) mass is 334 g/mol. The predicted octanol–water partition coefficient (Wildman–Crippen LogP) is 4.11. The van der Waals surface area contributed by atoms with E-state index >= 15 is 0 Å². The Labute approximate surface area is 147 Å². The van der Waals surface area contributed by atoms with Crippen molar-refractivity contribution < 1.29 is 10.2 Å². The van der Waals surface area contributed by atoms with Crippen LogP contribution in [0.1, 0.15) is 12.5 Å². The second-order valence-corrected chi connectivity index (χ2v) is 5.80. The van der Waals surface area contributed by atoms with Crippen molar-refractivity contribution in [2.24, 2.45) is 4.99 Å². The number of aliphatic hydroxyl groups is 1. The average Bonchev–Trinajstić information content (AvgIpc) is 2.66. The van der Waals surface area contributed by atoms with Crippen molar-refractivity contribution in [3.8, 4) is 5.75 Å². The number of fused-ring (bicyclic) bond motifs is 1. The maximum atomic E-state index is 10.2. The van der Waals surface area contributed by atoms with E-state index in [2.05, 4.69) is 16.8 Å². The van der Waals surface area contributed by atoms with Gasteiger partial charge in [0.15, 0.2) is 0 Å². The molecular formula is C21H22N2O2. The van der Waals surface area contributed by atoms with Crippen LogP contribution in [-0.4, -0.2) is 36.1 Å². The molecule has 0 bridgehead atoms. The van der Waals surface area contributed by atoms with Gasteiger partial charge in [0.25, 0.3) is 0 Å². The molecule has 0 aromatic heterocycles. The summed E-state index contributed by atoms with van der Waals surface area (Å²) in [5.41, 5.74) is 2.59. The Kier molecular flexibility index (Phi) is 5.31. The van der Waals surface area contributed by atoms with Gasteiger partial charge in [0.1, 0.15) is 5.75 Å². The molecule has 128 valence electrons. The van der Waals surface area contributed by atoms with E-state index in [4.69, 9.17) is 5.11 Å². The third-order valence-electron chi connectivity index (χ3n) is 4.26. The summed E-state index contributed by atoms with van der Waals surface area (Å²) < 4.78 is 0. The number of nitrogens with zero attached hydrogens (tertiary/aromatic N) is 2. The molecule has 0 radical (unpaired) electrons. The van der Waals surface area contributed by atoms with Crippen LogP contribution in [0.5, 0.6) is 5.75 Å². The Hall–Kier alpha value is -2.85. The zero-order valence-corrected chi connectivity index (χ0v) is 14.3. The number of aromatic hydroxyl groups is 1. The second-order valence-electron chi connectivity index (χ2n) is 5.80. The maximum Gasteiger partial charge on any atom is 0.124 e. The van der Waals surface area contributed by atoms with E-state index in [0.29, 0.717) is 6.54 Å². The van der Waals surface area contributed by atoms with Crippen LogP contribution in [0.3, 0.4) is 0 Å². The third kappa shape index (κ3) is 3.80. The first kappa shape index (κ1) is 17.0. The minimum Gasteiger partial charge on any atom is -0.507 e. The van der Waals surface area contributed by atoms with Crippen LogP contribution < -0.4 is 4.90 Å². The molecule has 4 nitrogen and oxygen atoms in total. The number of anilines is 1. The van der Waals surface area contributed by atoms with Crippen molar-refractivity contribution in [1.29, 1.82) is 0 Å². The molecule has 2 N–H and O–H groups in total. The van der Waals surface area contributed by atoms with Gasteiger partial charge < -0.3 is 15.1 Å². The van der Waals surface area contributed by atoms with Crippen molar-refractivity contribution in [1.82, 2.24) is 0 Å². The number of aliphatic imine (C=N–C) groups is 1. The van der Waals surface area contributed by atoms with E-state index in [9.17, 15) is 5.11 Å². The average molecular weight is 334 g/mol. The molecule has 0 amide bonds. The topological polar surface area (TPSA) is 56.1 Å². The molecule has 0 atom stereocenters. The molecule has 25 heavy (non-hydrogen) atoms. The van der Waals surface area contributed by atoms with Crippen LogP contribution in [-0.2, 0) is 0 Å². The summed E-state index contributed by atoms with van der Waals surface area (Å²) in [6.45, 7) is 3.65.